The summed E-state index contributed by atoms with van der Waals surface area (Å²) in [6.07, 6.45) is 1.52. The Kier molecular flexibility index (Phi) is 5.05. The van der Waals surface area contributed by atoms with Gasteiger partial charge in [0.05, 0.1) is 6.61 Å². The number of carbonyl (C=O) groups excluding carboxylic acids is 1. The average Bonchev–Trinajstić information content (AvgIpc) is 2.62. The Morgan fingerprint density at radius 2 is 2.40 bits per heavy atom. The van der Waals surface area contributed by atoms with E-state index in [4.69, 9.17) is 10.5 Å². The molecule has 4 heteroatoms. The maximum absolute atomic E-state index is 11.7. The van der Waals surface area contributed by atoms with Gasteiger partial charge in [0, 0.05) is 38.1 Å². The van der Waals surface area contributed by atoms with E-state index >= 15 is 0 Å². The summed E-state index contributed by atoms with van der Waals surface area (Å²) < 4.78 is 5.36. The van der Waals surface area contributed by atoms with E-state index in [1.54, 1.807) is 0 Å². The number of carbonyl (C=O) groups is 1. The molecule has 0 radical (unpaired) electrons. The lowest BCUT2D eigenvalue weighted by atomic mass is 10.1. The van der Waals surface area contributed by atoms with Gasteiger partial charge in [-0.05, 0) is 20.3 Å². The Hall–Kier alpha value is -0.610. The summed E-state index contributed by atoms with van der Waals surface area (Å²) in [4.78, 5) is 13.6. The lowest BCUT2D eigenvalue weighted by Crippen LogP contribution is -2.33. The van der Waals surface area contributed by atoms with Crippen molar-refractivity contribution in [2.45, 2.75) is 32.7 Å². The zero-order valence-electron chi connectivity index (χ0n) is 9.74. The second-order valence-corrected chi connectivity index (χ2v) is 4.34. The monoisotopic (exact) mass is 214 g/mol. The molecule has 1 amide bonds. The molecule has 1 fully saturated rings. The zero-order valence-corrected chi connectivity index (χ0v) is 9.74. The zero-order chi connectivity index (χ0) is 11.3. The largest absolute Gasteiger partial charge is 0.381 e. The molecule has 1 heterocycles. The summed E-state index contributed by atoms with van der Waals surface area (Å²) in [6.45, 7) is 7.09. The molecule has 4 nitrogen and oxygen atoms in total. The molecule has 0 spiro atoms. The molecule has 1 rings (SSSR count). The summed E-state index contributed by atoms with van der Waals surface area (Å²) in [7, 11) is 0. The maximum atomic E-state index is 11.7. The normalized spacial score (nSPS) is 23.1. The van der Waals surface area contributed by atoms with Crippen LogP contribution in [0.2, 0.25) is 0 Å². The van der Waals surface area contributed by atoms with Crippen LogP contribution in [0.5, 0.6) is 0 Å². The van der Waals surface area contributed by atoms with Crippen molar-refractivity contribution in [3.8, 4) is 0 Å². The van der Waals surface area contributed by atoms with Gasteiger partial charge in [-0.15, -0.1) is 0 Å². The third kappa shape index (κ3) is 4.18. The number of hydrogen-bond donors (Lipinski definition) is 1. The number of amides is 1. The summed E-state index contributed by atoms with van der Waals surface area (Å²) in [5.74, 6) is 0.700. The summed E-state index contributed by atoms with van der Waals surface area (Å²) in [5, 5.41) is 0. The van der Waals surface area contributed by atoms with E-state index in [1.807, 2.05) is 18.7 Å². The van der Waals surface area contributed by atoms with E-state index in [2.05, 4.69) is 0 Å². The van der Waals surface area contributed by atoms with Crippen molar-refractivity contribution in [3.05, 3.63) is 0 Å². The topological polar surface area (TPSA) is 55.6 Å². The molecule has 1 saturated heterocycles. The number of nitrogens with two attached hydrogens (primary N) is 1. The molecule has 0 bridgehead atoms. The van der Waals surface area contributed by atoms with Crippen molar-refractivity contribution in [2.24, 2.45) is 11.7 Å². The van der Waals surface area contributed by atoms with Crippen molar-refractivity contribution in [1.82, 2.24) is 4.90 Å². The molecule has 0 saturated carbocycles. The highest BCUT2D eigenvalue weighted by molar-refractivity contribution is 5.77. The van der Waals surface area contributed by atoms with Gasteiger partial charge >= 0.3 is 0 Å². The number of rotatable bonds is 5. The fourth-order valence-corrected chi connectivity index (χ4v) is 1.88. The van der Waals surface area contributed by atoms with Crippen LogP contribution in [0.25, 0.3) is 0 Å². The minimum absolute atomic E-state index is 0.0385. The molecule has 0 aromatic heterocycles. The van der Waals surface area contributed by atoms with Crippen LogP contribution in [0.4, 0.5) is 0 Å². The van der Waals surface area contributed by atoms with Crippen molar-refractivity contribution >= 4 is 5.91 Å². The second-order valence-electron chi connectivity index (χ2n) is 4.34. The van der Waals surface area contributed by atoms with Crippen LogP contribution in [0.15, 0.2) is 0 Å². The molecule has 0 aliphatic carbocycles. The van der Waals surface area contributed by atoms with Crippen molar-refractivity contribution in [3.63, 3.8) is 0 Å². The fourth-order valence-electron chi connectivity index (χ4n) is 1.88. The van der Waals surface area contributed by atoms with Crippen molar-refractivity contribution in [1.29, 1.82) is 0 Å². The first-order chi connectivity index (χ1) is 7.13. The molecule has 15 heavy (non-hydrogen) atoms. The Labute approximate surface area is 91.8 Å². The van der Waals surface area contributed by atoms with Crippen LogP contribution >= 0.6 is 0 Å². The molecule has 2 atom stereocenters. The van der Waals surface area contributed by atoms with E-state index in [0.717, 1.165) is 32.7 Å². The smallest absolute Gasteiger partial charge is 0.224 e. The lowest BCUT2D eigenvalue weighted by Gasteiger charge is -2.17. The van der Waals surface area contributed by atoms with Gasteiger partial charge in [0.25, 0.3) is 0 Å². The van der Waals surface area contributed by atoms with Gasteiger partial charge in [0.1, 0.15) is 0 Å². The van der Waals surface area contributed by atoms with E-state index in [9.17, 15) is 4.79 Å². The minimum Gasteiger partial charge on any atom is -0.381 e. The molecular weight excluding hydrogens is 192 g/mol. The molecule has 0 aromatic carbocycles. The molecule has 2 unspecified atom stereocenters. The fraction of sp³-hybridized carbons (Fsp3) is 0.909. The van der Waals surface area contributed by atoms with Crippen LogP contribution in [0.1, 0.15) is 26.7 Å². The second kappa shape index (κ2) is 6.08. The molecule has 0 aromatic rings. The highest BCUT2D eigenvalue weighted by atomic mass is 16.5. The highest BCUT2D eigenvalue weighted by Crippen LogP contribution is 2.17. The van der Waals surface area contributed by atoms with E-state index < -0.39 is 0 Å². The Balaban J connectivity index is 2.26. The maximum Gasteiger partial charge on any atom is 0.224 e. The predicted octanol–water partition coefficient (Wildman–Crippen LogP) is 0.609. The lowest BCUT2D eigenvalue weighted by molar-refractivity contribution is -0.130. The van der Waals surface area contributed by atoms with Crippen LogP contribution in [-0.2, 0) is 9.53 Å². The summed E-state index contributed by atoms with van der Waals surface area (Å²) in [6, 6.07) is -0.0385. The Morgan fingerprint density at radius 1 is 1.67 bits per heavy atom. The number of nitrogens with zero attached hydrogens (tertiary/aromatic N) is 1. The van der Waals surface area contributed by atoms with Gasteiger partial charge in [-0.3, -0.25) is 4.79 Å². The number of ether oxygens (including phenoxy) is 1. The van der Waals surface area contributed by atoms with Gasteiger partial charge in [-0.2, -0.15) is 0 Å². The first kappa shape index (κ1) is 12.5. The van der Waals surface area contributed by atoms with Gasteiger partial charge < -0.3 is 15.4 Å². The van der Waals surface area contributed by atoms with Crippen LogP contribution in [-0.4, -0.2) is 43.2 Å². The Bertz CT molecular complexity index is 207. The molecule has 2 N–H and O–H groups in total. The van der Waals surface area contributed by atoms with Crippen LogP contribution in [0.3, 0.4) is 0 Å². The van der Waals surface area contributed by atoms with E-state index in [-0.39, 0.29) is 11.9 Å². The first-order valence-corrected chi connectivity index (χ1v) is 5.74. The van der Waals surface area contributed by atoms with Gasteiger partial charge in [-0.1, -0.05) is 0 Å². The van der Waals surface area contributed by atoms with Gasteiger partial charge in [0.15, 0.2) is 0 Å². The molecule has 88 valence electrons. The summed E-state index contributed by atoms with van der Waals surface area (Å²) >= 11 is 0. The van der Waals surface area contributed by atoms with E-state index in [1.165, 1.54) is 0 Å². The molecular formula is C11H22N2O2. The van der Waals surface area contributed by atoms with Crippen LogP contribution in [0, 0.1) is 5.92 Å². The molecule has 1 aliphatic heterocycles. The van der Waals surface area contributed by atoms with Crippen molar-refractivity contribution in [2.75, 3.05) is 26.3 Å². The Morgan fingerprint density at radius 3 is 3.00 bits per heavy atom. The van der Waals surface area contributed by atoms with E-state index in [0.29, 0.717) is 12.3 Å². The van der Waals surface area contributed by atoms with Crippen LogP contribution < -0.4 is 5.73 Å². The van der Waals surface area contributed by atoms with Crippen molar-refractivity contribution < 1.29 is 9.53 Å². The van der Waals surface area contributed by atoms with Gasteiger partial charge in [-0.25, -0.2) is 0 Å². The van der Waals surface area contributed by atoms with Gasteiger partial charge in [0.2, 0.25) is 5.91 Å². The number of hydrogen-bond acceptors (Lipinski definition) is 3. The first-order valence-electron chi connectivity index (χ1n) is 5.74. The third-order valence-electron chi connectivity index (χ3n) is 2.69. The average molecular weight is 214 g/mol. The SMILES string of the molecule is CCOCC1CCN(C(=O)CC(C)N)C1. The highest BCUT2D eigenvalue weighted by Gasteiger charge is 2.26. The standard InChI is InChI=1S/C11H22N2O2/c1-3-15-8-10-4-5-13(7-10)11(14)6-9(2)12/h9-10H,3-8,12H2,1-2H3. The molecule has 1 aliphatic rings. The number of likely N-dealkylation sites (tertiary alicyclic amines) is 1. The quantitative estimate of drug-likeness (QED) is 0.729. The third-order valence-corrected chi connectivity index (χ3v) is 2.69. The summed E-state index contributed by atoms with van der Waals surface area (Å²) in [5.41, 5.74) is 5.60. The minimum atomic E-state index is -0.0385. The predicted molar refractivity (Wildman–Crippen MR) is 59.4 cm³/mol.